The number of urea groups is 1. The van der Waals surface area contributed by atoms with Gasteiger partial charge in [0, 0.05) is 41.7 Å². The molecule has 0 saturated heterocycles. The summed E-state index contributed by atoms with van der Waals surface area (Å²) in [6.45, 7) is 2.09. The molecule has 0 saturated carbocycles. The number of anilines is 4. The molecule has 0 aliphatic heterocycles. The Morgan fingerprint density at radius 3 is 1.98 bits per heavy atom. The molecule has 6 aromatic rings. The fourth-order valence-electron chi connectivity index (χ4n) is 4.95. The van der Waals surface area contributed by atoms with Crippen LogP contribution in [-0.4, -0.2) is 28.5 Å². The first-order valence-electron chi connectivity index (χ1n) is 14.2. The number of carbonyl (C=O) groups is 2. The number of furan rings is 1. The summed E-state index contributed by atoms with van der Waals surface area (Å²) in [4.78, 5) is 32.9. The van der Waals surface area contributed by atoms with E-state index >= 15 is 0 Å². The molecule has 0 unspecified atom stereocenters. The van der Waals surface area contributed by atoms with Gasteiger partial charge in [-0.15, -0.1) is 0 Å². The van der Waals surface area contributed by atoms with Gasteiger partial charge in [-0.25, -0.2) is 14.8 Å². The Labute approximate surface area is 254 Å². The van der Waals surface area contributed by atoms with Crippen LogP contribution < -0.4 is 21.3 Å². The number of nitrogens with zero attached hydrogens (tertiary/aromatic N) is 2. The van der Waals surface area contributed by atoms with Crippen molar-refractivity contribution in [2.75, 3.05) is 27.8 Å². The molecule has 9 nitrogen and oxygen atoms in total. The van der Waals surface area contributed by atoms with Crippen LogP contribution in [0.4, 0.5) is 27.7 Å². The molecule has 0 aliphatic carbocycles. The summed E-state index contributed by atoms with van der Waals surface area (Å²) in [6, 6.07) is 34.3. The third-order valence-corrected chi connectivity index (χ3v) is 6.97. The zero-order valence-electron chi connectivity index (χ0n) is 24.0. The second-order valence-electron chi connectivity index (χ2n) is 10.2. The molecule has 3 amide bonds. The average Bonchev–Trinajstić information content (AvgIpc) is 3.43. The van der Waals surface area contributed by atoms with E-state index in [1.807, 2.05) is 109 Å². The second-order valence-corrected chi connectivity index (χ2v) is 10.2. The largest absolute Gasteiger partial charge is 0.437 e. The highest BCUT2D eigenvalue weighted by molar-refractivity contribution is 6.06. The van der Waals surface area contributed by atoms with E-state index in [2.05, 4.69) is 31.2 Å². The van der Waals surface area contributed by atoms with E-state index in [4.69, 9.17) is 4.42 Å². The molecule has 218 valence electrons. The van der Waals surface area contributed by atoms with E-state index < -0.39 is 0 Å². The van der Waals surface area contributed by atoms with Crippen LogP contribution in [0.25, 0.3) is 33.6 Å². The van der Waals surface area contributed by atoms with Crippen LogP contribution in [0.1, 0.15) is 12.5 Å². The molecule has 0 spiro atoms. The van der Waals surface area contributed by atoms with Gasteiger partial charge in [0.2, 0.25) is 11.6 Å². The molecule has 0 fully saturated rings. The average molecular weight is 583 g/mol. The zero-order valence-corrected chi connectivity index (χ0v) is 24.0. The normalized spacial score (nSPS) is 10.8. The number of amides is 3. The zero-order chi connectivity index (χ0) is 30.3. The highest BCUT2D eigenvalue weighted by atomic mass is 16.3. The minimum Gasteiger partial charge on any atom is -0.437 e. The van der Waals surface area contributed by atoms with Crippen molar-refractivity contribution in [3.05, 3.63) is 121 Å². The maximum absolute atomic E-state index is 12.3. The van der Waals surface area contributed by atoms with Gasteiger partial charge in [0.15, 0.2) is 0 Å². The van der Waals surface area contributed by atoms with Crippen molar-refractivity contribution in [2.45, 2.75) is 13.3 Å². The number of hydrogen-bond donors (Lipinski definition) is 4. The van der Waals surface area contributed by atoms with Crippen LogP contribution in [0.3, 0.4) is 0 Å². The van der Waals surface area contributed by atoms with Crippen molar-refractivity contribution in [1.82, 2.24) is 9.97 Å². The van der Waals surface area contributed by atoms with Crippen LogP contribution in [-0.2, 0) is 11.2 Å². The lowest BCUT2D eigenvalue weighted by Gasteiger charge is -2.10. The number of para-hydroxylation sites is 1. The lowest BCUT2D eigenvalue weighted by atomic mass is 9.99. The van der Waals surface area contributed by atoms with Gasteiger partial charge in [0.05, 0.1) is 5.39 Å². The fourth-order valence-corrected chi connectivity index (χ4v) is 4.95. The summed E-state index contributed by atoms with van der Waals surface area (Å²) in [7, 11) is 0. The molecule has 9 heteroatoms. The number of benzene rings is 4. The molecule has 0 atom stereocenters. The standard InChI is InChI=1S/C35H30N6O3/c1-23(42)39-28-18-14-25(15-19-28)30-31-33(37-22-38-34(31)44-32(30)26-8-4-2-5-9-26)36-21-20-24-12-16-29(17-13-24)41-35(43)40-27-10-6-3-7-11-27/h2-19,22H,20-21H2,1H3,(H,39,42)(H,36,37,38)(H2,40,41,43). The summed E-state index contributed by atoms with van der Waals surface area (Å²) in [5.74, 6) is 1.23. The van der Waals surface area contributed by atoms with Gasteiger partial charge in [0.1, 0.15) is 17.9 Å². The van der Waals surface area contributed by atoms with Crippen LogP contribution in [0, 0.1) is 0 Å². The Balaban J connectivity index is 1.20. The van der Waals surface area contributed by atoms with Crippen LogP contribution in [0.15, 0.2) is 120 Å². The van der Waals surface area contributed by atoms with Crippen molar-refractivity contribution in [3.63, 3.8) is 0 Å². The lowest BCUT2D eigenvalue weighted by molar-refractivity contribution is -0.114. The molecule has 0 bridgehead atoms. The summed E-state index contributed by atoms with van der Waals surface area (Å²) >= 11 is 0. The van der Waals surface area contributed by atoms with Gasteiger partial charge < -0.3 is 25.7 Å². The van der Waals surface area contributed by atoms with E-state index in [9.17, 15) is 9.59 Å². The lowest BCUT2D eigenvalue weighted by Crippen LogP contribution is -2.19. The van der Waals surface area contributed by atoms with E-state index in [0.29, 0.717) is 35.2 Å². The first kappa shape index (κ1) is 28.2. The van der Waals surface area contributed by atoms with Gasteiger partial charge in [-0.3, -0.25) is 4.79 Å². The number of rotatable bonds is 9. The van der Waals surface area contributed by atoms with E-state index in [1.165, 1.54) is 13.3 Å². The number of nitrogens with one attached hydrogen (secondary N) is 4. The minimum atomic E-state index is -0.297. The van der Waals surface area contributed by atoms with Gasteiger partial charge in [-0.05, 0) is 53.9 Å². The maximum Gasteiger partial charge on any atom is 0.323 e. The molecule has 0 aliphatic rings. The summed E-state index contributed by atoms with van der Waals surface area (Å²) in [5, 5.41) is 12.7. The number of hydrogen-bond acceptors (Lipinski definition) is 6. The predicted octanol–water partition coefficient (Wildman–Crippen LogP) is 7.81. The quantitative estimate of drug-likeness (QED) is 0.138. The molecule has 44 heavy (non-hydrogen) atoms. The molecular weight excluding hydrogens is 552 g/mol. The van der Waals surface area contributed by atoms with Gasteiger partial charge in [-0.2, -0.15) is 0 Å². The van der Waals surface area contributed by atoms with Crippen LogP contribution in [0.2, 0.25) is 0 Å². The van der Waals surface area contributed by atoms with Gasteiger partial charge >= 0.3 is 6.03 Å². The Bertz CT molecular complexity index is 1890. The third-order valence-electron chi connectivity index (χ3n) is 6.97. The van der Waals surface area contributed by atoms with Gasteiger partial charge in [-0.1, -0.05) is 72.8 Å². The maximum atomic E-state index is 12.3. The molecule has 4 N–H and O–H groups in total. The number of fused-ring (bicyclic) bond motifs is 1. The minimum absolute atomic E-state index is 0.129. The molecule has 6 rings (SSSR count). The molecule has 2 heterocycles. The number of aromatic nitrogens is 2. The highest BCUT2D eigenvalue weighted by Crippen LogP contribution is 2.42. The fraction of sp³-hybridized carbons (Fsp3) is 0.0857. The smallest absolute Gasteiger partial charge is 0.323 e. The molecule has 4 aromatic carbocycles. The van der Waals surface area contributed by atoms with E-state index in [1.54, 1.807) is 0 Å². The first-order valence-corrected chi connectivity index (χ1v) is 14.2. The van der Waals surface area contributed by atoms with Crippen molar-refractivity contribution in [3.8, 4) is 22.5 Å². The van der Waals surface area contributed by atoms with Crippen molar-refractivity contribution >= 4 is 45.9 Å². The SMILES string of the molecule is CC(=O)Nc1ccc(-c2c(-c3ccccc3)oc3ncnc(NCCc4ccc(NC(=O)Nc5ccccc5)cc4)c23)cc1. The van der Waals surface area contributed by atoms with Crippen LogP contribution >= 0.6 is 0 Å². The Morgan fingerprint density at radius 2 is 1.30 bits per heavy atom. The van der Waals surface area contributed by atoms with Crippen molar-refractivity contribution in [2.24, 2.45) is 0 Å². The summed E-state index contributed by atoms with van der Waals surface area (Å²) in [5.41, 5.74) is 6.42. The summed E-state index contributed by atoms with van der Waals surface area (Å²) in [6.07, 6.45) is 2.22. The number of carbonyl (C=O) groups excluding carboxylic acids is 2. The third kappa shape index (κ3) is 6.57. The van der Waals surface area contributed by atoms with Crippen molar-refractivity contribution in [1.29, 1.82) is 0 Å². The van der Waals surface area contributed by atoms with E-state index in [-0.39, 0.29) is 11.9 Å². The van der Waals surface area contributed by atoms with Crippen LogP contribution in [0.5, 0.6) is 0 Å². The second kappa shape index (κ2) is 12.9. The Hall–Kier alpha value is -5.96. The monoisotopic (exact) mass is 582 g/mol. The van der Waals surface area contributed by atoms with E-state index in [0.717, 1.165) is 39.7 Å². The van der Waals surface area contributed by atoms with Gasteiger partial charge in [0.25, 0.3) is 0 Å². The predicted molar refractivity (Wildman–Crippen MR) is 175 cm³/mol. The summed E-state index contributed by atoms with van der Waals surface area (Å²) < 4.78 is 6.32. The Morgan fingerprint density at radius 1 is 0.682 bits per heavy atom. The highest BCUT2D eigenvalue weighted by Gasteiger charge is 2.22. The molecule has 0 radical (unpaired) electrons. The van der Waals surface area contributed by atoms with Crippen molar-refractivity contribution < 1.29 is 14.0 Å². The first-order chi connectivity index (χ1) is 21.5. The Kier molecular flexibility index (Phi) is 8.27. The molecule has 2 aromatic heterocycles. The topological polar surface area (TPSA) is 121 Å². The molecular formula is C35H30N6O3.